The molecule has 0 aliphatic rings. The van der Waals surface area contributed by atoms with Crippen molar-refractivity contribution < 1.29 is 29.1 Å². The summed E-state index contributed by atoms with van der Waals surface area (Å²) >= 11 is 0. The molecule has 0 saturated carbocycles. The van der Waals surface area contributed by atoms with E-state index in [9.17, 15) is 24.0 Å². The second-order valence-electron chi connectivity index (χ2n) is 7.94. The fraction of sp³-hybridized carbons (Fsp3) is 0.364. The number of hydrogen-bond donors (Lipinski definition) is 7. The molecule has 1 heterocycles. The van der Waals surface area contributed by atoms with Gasteiger partial charge >= 0.3 is 5.97 Å². The molecule has 0 fully saturated rings. The van der Waals surface area contributed by atoms with Crippen LogP contribution < -0.4 is 27.4 Å². The van der Waals surface area contributed by atoms with Gasteiger partial charge in [-0.2, -0.15) is 0 Å². The Hall–Kier alpha value is -4.26. The smallest absolute Gasteiger partial charge is 0.326 e. The number of benzene rings is 1. The van der Waals surface area contributed by atoms with Gasteiger partial charge in [-0.1, -0.05) is 30.3 Å². The maximum Gasteiger partial charge on any atom is 0.326 e. The second kappa shape index (κ2) is 12.8. The molecule has 13 heteroatoms. The fourth-order valence-corrected chi connectivity index (χ4v) is 3.14. The maximum absolute atomic E-state index is 13.0. The van der Waals surface area contributed by atoms with Gasteiger partial charge in [0.1, 0.15) is 18.1 Å². The minimum atomic E-state index is -1.54. The number of nitrogens with one attached hydrogen (secondary N) is 4. The lowest BCUT2D eigenvalue weighted by Crippen LogP contribution is -2.57. The summed E-state index contributed by atoms with van der Waals surface area (Å²) in [4.78, 5) is 67.1. The zero-order valence-electron chi connectivity index (χ0n) is 19.1. The van der Waals surface area contributed by atoms with Crippen molar-refractivity contribution in [2.24, 2.45) is 11.5 Å². The largest absolute Gasteiger partial charge is 0.480 e. The van der Waals surface area contributed by atoms with Gasteiger partial charge in [0.25, 0.3) is 0 Å². The molecule has 1 aromatic heterocycles. The highest BCUT2D eigenvalue weighted by Gasteiger charge is 2.29. The number of carbonyl (C=O) groups excluding carboxylic acids is 4. The predicted molar refractivity (Wildman–Crippen MR) is 123 cm³/mol. The van der Waals surface area contributed by atoms with Gasteiger partial charge in [0, 0.05) is 24.7 Å². The van der Waals surface area contributed by atoms with E-state index in [0.29, 0.717) is 5.69 Å². The number of primary amides is 1. The molecule has 0 saturated heterocycles. The molecule has 2 aromatic rings. The lowest BCUT2D eigenvalue weighted by molar-refractivity contribution is -0.143. The molecule has 4 unspecified atom stereocenters. The molecule has 0 bridgehead atoms. The number of nitrogens with two attached hydrogens (primary N) is 2. The van der Waals surface area contributed by atoms with E-state index in [4.69, 9.17) is 16.6 Å². The lowest BCUT2D eigenvalue weighted by atomic mass is 10.0. The Morgan fingerprint density at radius 3 is 2.20 bits per heavy atom. The van der Waals surface area contributed by atoms with Crippen molar-refractivity contribution >= 4 is 29.6 Å². The number of rotatable bonds is 13. The Morgan fingerprint density at radius 2 is 1.63 bits per heavy atom. The Kier molecular flexibility index (Phi) is 9.90. The molecule has 0 radical (unpaired) electrons. The van der Waals surface area contributed by atoms with E-state index in [1.807, 2.05) is 0 Å². The van der Waals surface area contributed by atoms with Crippen molar-refractivity contribution in [2.45, 2.75) is 50.4 Å². The summed E-state index contributed by atoms with van der Waals surface area (Å²) in [6, 6.07) is 4.14. The summed E-state index contributed by atoms with van der Waals surface area (Å²) < 4.78 is 0. The van der Waals surface area contributed by atoms with Crippen LogP contribution in [0.5, 0.6) is 0 Å². The van der Waals surface area contributed by atoms with Gasteiger partial charge in [0.2, 0.25) is 23.6 Å². The van der Waals surface area contributed by atoms with Crippen molar-refractivity contribution in [3.8, 4) is 0 Å². The van der Waals surface area contributed by atoms with Crippen LogP contribution in [0.2, 0.25) is 0 Å². The third kappa shape index (κ3) is 8.89. The molecule has 1 aromatic carbocycles. The van der Waals surface area contributed by atoms with E-state index in [2.05, 4.69) is 25.9 Å². The average Bonchev–Trinajstić information content (AvgIpc) is 3.31. The number of hydrogen-bond acceptors (Lipinski definition) is 7. The Bertz CT molecular complexity index is 1030. The van der Waals surface area contributed by atoms with Crippen LogP contribution in [0.15, 0.2) is 42.9 Å². The van der Waals surface area contributed by atoms with E-state index in [0.717, 1.165) is 5.56 Å². The number of aromatic nitrogens is 2. The molecule has 4 amide bonds. The topological polar surface area (TPSA) is 222 Å². The molecule has 0 aliphatic carbocycles. The number of carboxylic acid groups (broad SMARTS) is 1. The van der Waals surface area contributed by atoms with Crippen LogP contribution in [-0.4, -0.2) is 68.8 Å². The third-order valence-corrected chi connectivity index (χ3v) is 5.02. The molecule has 0 aliphatic heterocycles. The summed E-state index contributed by atoms with van der Waals surface area (Å²) in [6.07, 6.45) is 2.66. The minimum Gasteiger partial charge on any atom is -0.480 e. The number of aromatic amines is 1. The van der Waals surface area contributed by atoms with Gasteiger partial charge in [-0.3, -0.25) is 19.2 Å². The van der Waals surface area contributed by atoms with Crippen LogP contribution in [0.1, 0.15) is 24.6 Å². The normalized spacial score (nSPS) is 14.1. The van der Waals surface area contributed by atoms with Crippen molar-refractivity contribution in [3.05, 3.63) is 54.1 Å². The first-order chi connectivity index (χ1) is 16.6. The van der Waals surface area contributed by atoms with Crippen LogP contribution in [0.4, 0.5) is 0 Å². The number of H-pyrrole nitrogens is 1. The Labute approximate surface area is 201 Å². The summed E-state index contributed by atoms with van der Waals surface area (Å²) in [5, 5.41) is 16.4. The first kappa shape index (κ1) is 27.0. The van der Waals surface area contributed by atoms with E-state index < -0.39 is 60.2 Å². The molecule has 35 heavy (non-hydrogen) atoms. The van der Waals surface area contributed by atoms with Crippen LogP contribution in [0.3, 0.4) is 0 Å². The van der Waals surface area contributed by atoms with Crippen LogP contribution in [-0.2, 0) is 36.8 Å². The molecule has 188 valence electrons. The van der Waals surface area contributed by atoms with Crippen LogP contribution in [0, 0.1) is 0 Å². The zero-order chi connectivity index (χ0) is 26.0. The number of aliphatic carboxylic acids is 1. The summed E-state index contributed by atoms with van der Waals surface area (Å²) in [5.74, 6) is -4.46. The van der Waals surface area contributed by atoms with Gasteiger partial charge in [-0.15, -0.1) is 0 Å². The number of nitrogens with zero attached hydrogens (tertiary/aromatic N) is 1. The highest BCUT2D eigenvalue weighted by molar-refractivity contribution is 5.94. The second-order valence-corrected chi connectivity index (χ2v) is 7.94. The van der Waals surface area contributed by atoms with Gasteiger partial charge in [-0.25, -0.2) is 9.78 Å². The highest BCUT2D eigenvalue weighted by atomic mass is 16.4. The molecule has 0 spiro atoms. The number of carboxylic acids is 1. The highest BCUT2D eigenvalue weighted by Crippen LogP contribution is 2.06. The van der Waals surface area contributed by atoms with Crippen molar-refractivity contribution in [3.63, 3.8) is 0 Å². The van der Waals surface area contributed by atoms with E-state index in [1.165, 1.54) is 19.4 Å². The van der Waals surface area contributed by atoms with Crippen molar-refractivity contribution in [1.82, 2.24) is 25.9 Å². The van der Waals surface area contributed by atoms with Gasteiger partial charge in [0.15, 0.2) is 0 Å². The predicted octanol–water partition coefficient (Wildman–Crippen LogP) is -2.04. The zero-order valence-corrected chi connectivity index (χ0v) is 19.1. The standard InChI is InChI=1S/C22H29N7O6/c1-12(19(31)29-17(22(34)35)9-18(24)30)27-21(33)16(7-13-5-3-2-4-6-13)28-20(32)15(23)8-14-10-25-11-26-14/h2-6,10-12,15-17H,7-9,23H2,1H3,(H2,24,30)(H,25,26)(H,27,33)(H,28,32)(H,29,31)(H,34,35). The molecular formula is C22H29N7O6. The first-order valence-corrected chi connectivity index (χ1v) is 10.8. The molecule has 2 rings (SSSR count). The summed E-state index contributed by atoms with van der Waals surface area (Å²) in [5.41, 5.74) is 12.4. The molecule has 4 atom stereocenters. The SMILES string of the molecule is CC(NC(=O)C(Cc1ccccc1)NC(=O)C(N)Cc1cnc[nH]1)C(=O)NC(CC(N)=O)C(=O)O. The molecular weight excluding hydrogens is 458 g/mol. The van der Waals surface area contributed by atoms with E-state index >= 15 is 0 Å². The molecule has 9 N–H and O–H groups in total. The van der Waals surface area contributed by atoms with E-state index in [-0.39, 0.29) is 12.8 Å². The van der Waals surface area contributed by atoms with Crippen LogP contribution >= 0.6 is 0 Å². The summed E-state index contributed by atoms with van der Waals surface area (Å²) in [6.45, 7) is 1.34. The maximum atomic E-state index is 13.0. The van der Waals surface area contributed by atoms with Gasteiger partial charge in [-0.05, 0) is 12.5 Å². The summed E-state index contributed by atoms with van der Waals surface area (Å²) in [7, 11) is 0. The Balaban J connectivity index is 2.07. The van der Waals surface area contributed by atoms with Crippen molar-refractivity contribution in [2.75, 3.05) is 0 Å². The van der Waals surface area contributed by atoms with Gasteiger partial charge < -0.3 is 37.5 Å². The average molecular weight is 488 g/mol. The minimum absolute atomic E-state index is 0.114. The fourth-order valence-electron chi connectivity index (χ4n) is 3.14. The monoisotopic (exact) mass is 487 g/mol. The number of amides is 4. The van der Waals surface area contributed by atoms with Gasteiger partial charge in [0.05, 0.1) is 18.8 Å². The first-order valence-electron chi connectivity index (χ1n) is 10.8. The molecule has 13 nitrogen and oxygen atoms in total. The van der Waals surface area contributed by atoms with E-state index in [1.54, 1.807) is 30.3 Å². The van der Waals surface area contributed by atoms with Crippen LogP contribution in [0.25, 0.3) is 0 Å². The number of imidazole rings is 1. The quantitative estimate of drug-likeness (QED) is 0.166. The van der Waals surface area contributed by atoms with Crippen molar-refractivity contribution in [1.29, 1.82) is 0 Å². The Morgan fingerprint density at radius 1 is 0.971 bits per heavy atom. The number of carbonyl (C=O) groups is 5. The third-order valence-electron chi connectivity index (χ3n) is 5.02. The lowest BCUT2D eigenvalue weighted by Gasteiger charge is -2.23.